The Morgan fingerprint density at radius 2 is 2.23 bits per heavy atom. The predicted molar refractivity (Wildman–Crippen MR) is 43.9 cm³/mol. The van der Waals surface area contributed by atoms with E-state index in [1.807, 2.05) is 0 Å². The van der Waals surface area contributed by atoms with Crippen LogP contribution in [0.15, 0.2) is 10.8 Å². The molecule has 3 nitrogen and oxygen atoms in total. The van der Waals surface area contributed by atoms with Crippen LogP contribution in [0.5, 0.6) is 5.75 Å². The second kappa shape index (κ2) is 3.78. The number of halogens is 3. The fraction of sp³-hybridized carbons (Fsp3) is 0.143. The number of aldehydes is 1. The van der Waals surface area contributed by atoms with Crippen molar-refractivity contribution in [1.82, 2.24) is 4.98 Å². The molecule has 1 rings (SSSR count). The number of hydrogen-bond acceptors (Lipinski definition) is 3. The summed E-state index contributed by atoms with van der Waals surface area (Å²) in [6.45, 7) is 0. The number of alkyl halides is 2. The van der Waals surface area contributed by atoms with E-state index in [-0.39, 0.29) is 10.9 Å². The fourth-order valence-electron chi connectivity index (χ4n) is 0.837. The zero-order valence-electron chi connectivity index (χ0n) is 6.17. The van der Waals surface area contributed by atoms with E-state index in [2.05, 4.69) is 20.9 Å². The molecule has 0 saturated carbocycles. The van der Waals surface area contributed by atoms with E-state index in [1.54, 1.807) is 0 Å². The molecule has 0 aromatic carbocycles. The summed E-state index contributed by atoms with van der Waals surface area (Å²) < 4.78 is 24.5. The molecule has 1 aromatic heterocycles. The van der Waals surface area contributed by atoms with Gasteiger partial charge in [-0.1, -0.05) is 0 Å². The number of aromatic hydroxyl groups is 1. The van der Waals surface area contributed by atoms with Gasteiger partial charge in [0, 0.05) is 0 Å². The van der Waals surface area contributed by atoms with E-state index in [1.165, 1.54) is 0 Å². The van der Waals surface area contributed by atoms with Crippen LogP contribution in [-0.2, 0) is 0 Å². The lowest BCUT2D eigenvalue weighted by Crippen LogP contribution is -1.97. The standard InChI is InChI=1S/C7H4BrF2NO2/c8-6-5(7(9)10)3(2-12)4(13)1-11-6/h1-2,7,13H. The first kappa shape index (κ1) is 10.0. The van der Waals surface area contributed by atoms with Crippen molar-refractivity contribution in [2.45, 2.75) is 6.43 Å². The van der Waals surface area contributed by atoms with Crippen molar-refractivity contribution in [2.75, 3.05) is 0 Å². The van der Waals surface area contributed by atoms with Crippen LogP contribution < -0.4 is 0 Å². The van der Waals surface area contributed by atoms with Crippen molar-refractivity contribution in [3.8, 4) is 5.75 Å². The minimum Gasteiger partial charge on any atom is -0.506 e. The Morgan fingerprint density at radius 1 is 1.62 bits per heavy atom. The van der Waals surface area contributed by atoms with Gasteiger partial charge in [-0.3, -0.25) is 4.79 Å². The first-order valence-corrected chi connectivity index (χ1v) is 3.98. The van der Waals surface area contributed by atoms with Gasteiger partial charge in [-0.05, 0) is 15.9 Å². The molecule has 1 aromatic rings. The van der Waals surface area contributed by atoms with Crippen LogP contribution >= 0.6 is 15.9 Å². The number of aromatic nitrogens is 1. The fourth-order valence-corrected chi connectivity index (χ4v) is 1.33. The lowest BCUT2D eigenvalue weighted by atomic mass is 10.1. The summed E-state index contributed by atoms with van der Waals surface area (Å²) in [5.41, 5.74) is -1.02. The number of nitrogens with zero attached hydrogens (tertiary/aromatic N) is 1. The highest BCUT2D eigenvalue weighted by Crippen LogP contribution is 2.32. The summed E-state index contributed by atoms with van der Waals surface area (Å²) in [4.78, 5) is 13.8. The molecule has 0 aliphatic rings. The van der Waals surface area contributed by atoms with Crippen molar-refractivity contribution < 1.29 is 18.7 Å². The van der Waals surface area contributed by atoms with Gasteiger partial charge >= 0.3 is 0 Å². The molecule has 0 radical (unpaired) electrons. The van der Waals surface area contributed by atoms with Crippen LogP contribution in [0.4, 0.5) is 8.78 Å². The van der Waals surface area contributed by atoms with Crippen LogP contribution in [0.2, 0.25) is 0 Å². The molecule has 0 spiro atoms. The molecular weight excluding hydrogens is 248 g/mol. The molecule has 13 heavy (non-hydrogen) atoms. The third-order valence-electron chi connectivity index (χ3n) is 1.42. The minimum atomic E-state index is -2.85. The Bertz CT molecular complexity index is 344. The third kappa shape index (κ3) is 1.82. The average molecular weight is 252 g/mol. The van der Waals surface area contributed by atoms with Crippen molar-refractivity contribution in [3.05, 3.63) is 21.9 Å². The molecular formula is C7H4BrF2NO2. The summed E-state index contributed by atoms with van der Waals surface area (Å²) in [6.07, 6.45) is -1.75. The SMILES string of the molecule is O=Cc1c(O)cnc(Br)c1C(F)F. The number of hydrogen-bond donors (Lipinski definition) is 1. The number of rotatable bonds is 2. The van der Waals surface area contributed by atoms with Crippen LogP contribution in [0.25, 0.3) is 0 Å². The third-order valence-corrected chi connectivity index (χ3v) is 2.06. The summed E-state index contributed by atoms with van der Waals surface area (Å²) >= 11 is 2.76. The van der Waals surface area contributed by atoms with E-state index < -0.39 is 23.3 Å². The average Bonchev–Trinajstić information content (AvgIpc) is 2.07. The summed E-state index contributed by atoms with van der Waals surface area (Å²) in [6, 6.07) is 0. The Balaban J connectivity index is 3.43. The van der Waals surface area contributed by atoms with Crippen LogP contribution in [0.3, 0.4) is 0 Å². The highest BCUT2D eigenvalue weighted by atomic mass is 79.9. The van der Waals surface area contributed by atoms with E-state index in [0.717, 1.165) is 6.20 Å². The molecule has 0 fully saturated rings. The van der Waals surface area contributed by atoms with Crippen molar-refractivity contribution >= 4 is 22.2 Å². The van der Waals surface area contributed by atoms with E-state index in [9.17, 15) is 13.6 Å². The monoisotopic (exact) mass is 251 g/mol. The number of carbonyl (C=O) groups excluding carboxylic acids is 1. The van der Waals surface area contributed by atoms with Crippen LogP contribution in [0, 0.1) is 0 Å². The van der Waals surface area contributed by atoms with E-state index in [4.69, 9.17) is 5.11 Å². The number of carbonyl (C=O) groups is 1. The first-order valence-electron chi connectivity index (χ1n) is 3.18. The second-order valence-corrected chi connectivity index (χ2v) is 2.93. The Morgan fingerprint density at radius 3 is 2.62 bits per heavy atom. The van der Waals surface area contributed by atoms with E-state index >= 15 is 0 Å². The molecule has 0 amide bonds. The topological polar surface area (TPSA) is 50.2 Å². The maximum Gasteiger partial charge on any atom is 0.267 e. The summed E-state index contributed by atoms with van der Waals surface area (Å²) in [7, 11) is 0. The number of pyridine rings is 1. The second-order valence-electron chi connectivity index (χ2n) is 2.18. The van der Waals surface area contributed by atoms with Gasteiger partial charge in [0.2, 0.25) is 0 Å². The molecule has 0 bridgehead atoms. The normalized spacial score (nSPS) is 10.5. The molecule has 70 valence electrons. The Hall–Kier alpha value is -1.04. The molecule has 6 heteroatoms. The maximum atomic E-state index is 12.3. The Kier molecular flexibility index (Phi) is 2.92. The van der Waals surface area contributed by atoms with E-state index in [0.29, 0.717) is 0 Å². The minimum absolute atomic E-state index is 0.137. The molecule has 1 heterocycles. The molecule has 0 atom stereocenters. The molecule has 0 unspecified atom stereocenters. The zero-order valence-corrected chi connectivity index (χ0v) is 7.75. The van der Waals surface area contributed by atoms with Gasteiger partial charge in [0.1, 0.15) is 10.4 Å². The van der Waals surface area contributed by atoms with Crippen molar-refractivity contribution in [2.24, 2.45) is 0 Å². The Labute approximate surface area is 80.5 Å². The van der Waals surface area contributed by atoms with Gasteiger partial charge in [0.15, 0.2) is 6.29 Å². The van der Waals surface area contributed by atoms with Gasteiger partial charge in [0.25, 0.3) is 6.43 Å². The molecule has 0 aliphatic heterocycles. The van der Waals surface area contributed by atoms with Crippen molar-refractivity contribution in [3.63, 3.8) is 0 Å². The molecule has 0 aliphatic carbocycles. The summed E-state index contributed by atoms with van der Waals surface area (Å²) in [5, 5.41) is 9.02. The zero-order chi connectivity index (χ0) is 10.0. The van der Waals surface area contributed by atoms with Crippen LogP contribution in [-0.4, -0.2) is 16.4 Å². The quantitative estimate of drug-likeness (QED) is 0.648. The van der Waals surface area contributed by atoms with Gasteiger partial charge < -0.3 is 5.11 Å². The molecule has 0 saturated heterocycles. The van der Waals surface area contributed by atoms with Crippen LogP contribution in [0.1, 0.15) is 22.3 Å². The highest BCUT2D eigenvalue weighted by Gasteiger charge is 2.20. The molecule has 1 N–H and O–H groups in total. The van der Waals surface area contributed by atoms with Crippen molar-refractivity contribution in [1.29, 1.82) is 0 Å². The van der Waals surface area contributed by atoms with Gasteiger partial charge in [0.05, 0.1) is 17.3 Å². The smallest absolute Gasteiger partial charge is 0.267 e. The largest absolute Gasteiger partial charge is 0.506 e. The predicted octanol–water partition coefficient (Wildman–Crippen LogP) is 2.30. The first-order chi connectivity index (χ1) is 6.07. The van der Waals surface area contributed by atoms with Gasteiger partial charge in [-0.15, -0.1) is 0 Å². The lowest BCUT2D eigenvalue weighted by molar-refractivity contribution is 0.110. The van der Waals surface area contributed by atoms with Gasteiger partial charge in [-0.2, -0.15) is 0 Å². The summed E-state index contributed by atoms with van der Waals surface area (Å²) in [5.74, 6) is -0.548. The maximum absolute atomic E-state index is 12.3. The van der Waals surface area contributed by atoms with Gasteiger partial charge in [-0.25, -0.2) is 13.8 Å². The lowest BCUT2D eigenvalue weighted by Gasteiger charge is -2.06. The highest BCUT2D eigenvalue weighted by molar-refractivity contribution is 9.10.